The van der Waals surface area contributed by atoms with E-state index in [1.165, 1.54) is 12.1 Å². The molecule has 0 bridgehead atoms. The Balaban J connectivity index is 1.95. The molecule has 3 rings (SSSR count). The van der Waals surface area contributed by atoms with E-state index in [2.05, 4.69) is 6.07 Å². The summed E-state index contributed by atoms with van der Waals surface area (Å²) in [5, 5.41) is 10.3. The summed E-state index contributed by atoms with van der Waals surface area (Å²) < 4.78 is 18.7. The van der Waals surface area contributed by atoms with Crippen molar-refractivity contribution in [2.45, 2.75) is 0 Å². The van der Waals surface area contributed by atoms with Gasteiger partial charge in [0.25, 0.3) is 0 Å². The minimum absolute atomic E-state index is 0.353. The van der Waals surface area contributed by atoms with Crippen LogP contribution in [0, 0.1) is 17.1 Å². The number of halogens is 3. The van der Waals surface area contributed by atoms with Crippen molar-refractivity contribution in [1.29, 1.82) is 5.26 Å². The maximum absolute atomic E-state index is 13.0. The van der Waals surface area contributed by atoms with Crippen LogP contribution in [-0.2, 0) is 0 Å². The zero-order valence-electron chi connectivity index (χ0n) is 12.3. The summed E-state index contributed by atoms with van der Waals surface area (Å²) in [6, 6.07) is 16.4. The van der Waals surface area contributed by atoms with Gasteiger partial charge in [0.1, 0.15) is 17.3 Å². The van der Waals surface area contributed by atoms with Gasteiger partial charge in [-0.1, -0.05) is 35.3 Å². The minimum atomic E-state index is -0.353. The van der Waals surface area contributed by atoms with Crippen LogP contribution in [0.2, 0.25) is 10.0 Å². The van der Waals surface area contributed by atoms with Crippen molar-refractivity contribution in [3.8, 4) is 17.4 Å². The summed E-state index contributed by atoms with van der Waals surface area (Å²) in [6.07, 6.45) is 1.60. The van der Waals surface area contributed by atoms with Crippen molar-refractivity contribution in [3.63, 3.8) is 0 Å². The second kappa shape index (κ2) is 6.92. The van der Waals surface area contributed by atoms with Gasteiger partial charge in [-0.15, -0.1) is 0 Å². The molecule has 2 aromatic carbocycles. The van der Waals surface area contributed by atoms with Crippen molar-refractivity contribution in [1.82, 2.24) is 0 Å². The van der Waals surface area contributed by atoms with Crippen LogP contribution in [0.5, 0.6) is 0 Å². The van der Waals surface area contributed by atoms with Gasteiger partial charge in [0.15, 0.2) is 0 Å². The molecule has 0 saturated heterocycles. The fourth-order valence-electron chi connectivity index (χ4n) is 2.22. The summed E-state index contributed by atoms with van der Waals surface area (Å²) in [5.74, 6) is 0.713. The molecular weight excluding hydrogens is 348 g/mol. The van der Waals surface area contributed by atoms with Gasteiger partial charge < -0.3 is 4.42 Å². The molecule has 0 aliphatic rings. The topological polar surface area (TPSA) is 36.9 Å². The van der Waals surface area contributed by atoms with Crippen molar-refractivity contribution in [2.75, 3.05) is 0 Å². The predicted molar refractivity (Wildman–Crippen MR) is 94.0 cm³/mol. The maximum Gasteiger partial charge on any atom is 0.136 e. The third kappa shape index (κ3) is 3.51. The Labute approximate surface area is 148 Å². The first kappa shape index (κ1) is 16.3. The number of furan rings is 1. The lowest BCUT2D eigenvalue weighted by molar-refractivity contribution is 0.572. The Kier molecular flexibility index (Phi) is 4.71. The monoisotopic (exact) mass is 357 g/mol. The number of rotatable bonds is 3. The molecule has 3 aromatic rings. The number of nitrogens with zero attached hydrogens (tertiary/aromatic N) is 1. The number of benzene rings is 2. The lowest BCUT2D eigenvalue weighted by Gasteiger charge is -2.01. The quantitative estimate of drug-likeness (QED) is 0.504. The maximum atomic E-state index is 13.0. The molecule has 0 spiro atoms. The first-order chi connectivity index (χ1) is 11.6. The molecule has 0 unspecified atom stereocenters. The smallest absolute Gasteiger partial charge is 0.136 e. The van der Waals surface area contributed by atoms with E-state index in [9.17, 15) is 9.65 Å². The highest BCUT2D eigenvalue weighted by Crippen LogP contribution is 2.32. The first-order valence-electron chi connectivity index (χ1n) is 7.00. The average Bonchev–Trinajstić information content (AvgIpc) is 3.02. The third-order valence-electron chi connectivity index (χ3n) is 3.39. The van der Waals surface area contributed by atoms with Gasteiger partial charge in [-0.05, 0) is 54.1 Å². The van der Waals surface area contributed by atoms with E-state index < -0.39 is 0 Å². The van der Waals surface area contributed by atoms with Crippen molar-refractivity contribution < 1.29 is 8.81 Å². The van der Waals surface area contributed by atoms with E-state index in [1.54, 1.807) is 48.5 Å². The lowest BCUT2D eigenvalue weighted by Crippen LogP contribution is -1.82. The molecule has 0 saturated carbocycles. The van der Waals surface area contributed by atoms with Gasteiger partial charge in [0.05, 0.1) is 16.7 Å². The molecule has 1 aromatic heterocycles. The molecule has 0 aliphatic heterocycles. The number of hydrogen-bond donors (Lipinski definition) is 0. The van der Waals surface area contributed by atoms with Crippen LogP contribution < -0.4 is 0 Å². The highest BCUT2D eigenvalue weighted by atomic mass is 35.5. The first-order valence-corrected chi connectivity index (χ1v) is 7.75. The van der Waals surface area contributed by atoms with Crippen LogP contribution in [0.15, 0.2) is 59.0 Å². The fourth-order valence-corrected chi connectivity index (χ4v) is 2.72. The second-order valence-corrected chi connectivity index (χ2v) is 5.85. The summed E-state index contributed by atoms with van der Waals surface area (Å²) in [5.41, 5.74) is 1.69. The van der Waals surface area contributed by atoms with E-state index >= 15 is 0 Å². The molecular formula is C19H10Cl2FNO. The SMILES string of the molecule is N#CC(=Cc1ccc(-c2ccc(Cl)cc2Cl)o1)c1ccc(F)cc1. The van der Waals surface area contributed by atoms with Crippen molar-refractivity contribution >= 4 is 34.9 Å². The highest BCUT2D eigenvalue weighted by Gasteiger charge is 2.09. The highest BCUT2D eigenvalue weighted by molar-refractivity contribution is 6.36. The molecule has 0 atom stereocenters. The predicted octanol–water partition coefficient (Wildman–Crippen LogP) is 6.46. The number of hydrogen-bond acceptors (Lipinski definition) is 2. The van der Waals surface area contributed by atoms with Crippen LogP contribution in [0.3, 0.4) is 0 Å². The van der Waals surface area contributed by atoms with Crippen LogP contribution in [-0.4, -0.2) is 0 Å². The Bertz CT molecular complexity index is 952. The summed E-state index contributed by atoms with van der Waals surface area (Å²) in [4.78, 5) is 0. The summed E-state index contributed by atoms with van der Waals surface area (Å²) >= 11 is 12.1. The van der Waals surface area contributed by atoms with E-state index in [4.69, 9.17) is 27.6 Å². The van der Waals surface area contributed by atoms with Crippen LogP contribution in [0.1, 0.15) is 11.3 Å². The number of nitriles is 1. The van der Waals surface area contributed by atoms with Gasteiger partial charge in [-0.3, -0.25) is 0 Å². The van der Waals surface area contributed by atoms with Crippen molar-refractivity contribution in [2.24, 2.45) is 0 Å². The third-order valence-corrected chi connectivity index (χ3v) is 3.93. The van der Waals surface area contributed by atoms with Gasteiger partial charge in [-0.25, -0.2) is 4.39 Å². The Morgan fingerprint density at radius 3 is 2.46 bits per heavy atom. The van der Waals surface area contributed by atoms with Crippen LogP contribution >= 0.6 is 23.2 Å². The Morgan fingerprint density at radius 1 is 1.04 bits per heavy atom. The van der Waals surface area contributed by atoms with Gasteiger partial charge in [0, 0.05) is 10.6 Å². The van der Waals surface area contributed by atoms with E-state index in [-0.39, 0.29) is 5.82 Å². The fraction of sp³-hybridized carbons (Fsp3) is 0. The number of allylic oxidation sites excluding steroid dienone is 1. The molecule has 0 N–H and O–H groups in total. The molecule has 1 heterocycles. The average molecular weight is 358 g/mol. The summed E-state index contributed by atoms with van der Waals surface area (Å²) in [7, 11) is 0. The second-order valence-electron chi connectivity index (χ2n) is 5.00. The lowest BCUT2D eigenvalue weighted by atomic mass is 10.1. The minimum Gasteiger partial charge on any atom is -0.457 e. The van der Waals surface area contributed by atoms with Gasteiger partial charge in [-0.2, -0.15) is 5.26 Å². The van der Waals surface area contributed by atoms with Gasteiger partial charge in [0.2, 0.25) is 0 Å². The Hall–Kier alpha value is -2.54. The molecule has 118 valence electrons. The normalized spacial score (nSPS) is 11.3. The van der Waals surface area contributed by atoms with E-state index in [0.717, 1.165) is 0 Å². The standard InChI is InChI=1S/C19H10Cl2FNO/c20-14-3-7-17(18(21)10-14)19-8-6-16(24-19)9-13(11-23)12-1-4-15(22)5-2-12/h1-10H. The van der Waals surface area contributed by atoms with E-state index in [0.29, 0.717) is 38.3 Å². The molecule has 0 radical (unpaired) electrons. The molecule has 0 aliphatic carbocycles. The van der Waals surface area contributed by atoms with E-state index in [1.807, 2.05) is 0 Å². The summed E-state index contributed by atoms with van der Waals surface area (Å²) in [6.45, 7) is 0. The Morgan fingerprint density at radius 2 is 1.79 bits per heavy atom. The van der Waals surface area contributed by atoms with Gasteiger partial charge >= 0.3 is 0 Å². The zero-order valence-corrected chi connectivity index (χ0v) is 13.8. The molecule has 0 fully saturated rings. The molecule has 5 heteroatoms. The zero-order chi connectivity index (χ0) is 17.1. The van der Waals surface area contributed by atoms with Crippen LogP contribution in [0.4, 0.5) is 4.39 Å². The molecule has 2 nitrogen and oxygen atoms in total. The van der Waals surface area contributed by atoms with Crippen molar-refractivity contribution in [3.05, 3.63) is 81.8 Å². The largest absolute Gasteiger partial charge is 0.457 e. The molecule has 0 amide bonds. The molecule has 24 heavy (non-hydrogen) atoms. The van der Waals surface area contributed by atoms with Crippen LogP contribution in [0.25, 0.3) is 23.0 Å².